The molecule has 0 saturated carbocycles. The van der Waals surface area contributed by atoms with Crippen LogP contribution < -0.4 is 20.7 Å². The largest absolute Gasteiger partial charge is 0.471 e. The van der Waals surface area contributed by atoms with Crippen LogP contribution in [0.3, 0.4) is 0 Å². The van der Waals surface area contributed by atoms with Gasteiger partial charge in [-0.2, -0.15) is 4.98 Å². The van der Waals surface area contributed by atoms with Gasteiger partial charge < -0.3 is 35.2 Å². The van der Waals surface area contributed by atoms with E-state index in [1.807, 2.05) is 52.0 Å². The topological polar surface area (TPSA) is 126 Å². The molecule has 2 amide bonds. The summed E-state index contributed by atoms with van der Waals surface area (Å²) in [5, 5.41) is 3.19. The molecule has 0 spiro atoms. The van der Waals surface area contributed by atoms with Gasteiger partial charge in [-0.05, 0) is 58.5 Å². The average Bonchev–Trinajstić information content (AvgIpc) is 3.33. The van der Waals surface area contributed by atoms with Crippen molar-refractivity contribution >= 4 is 29.2 Å². The molecule has 2 aliphatic rings. The van der Waals surface area contributed by atoms with E-state index in [0.717, 1.165) is 37.6 Å². The Hall–Kier alpha value is -3.60. The van der Waals surface area contributed by atoms with Gasteiger partial charge in [-0.3, -0.25) is 4.79 Å². The van der Waals surface area contributed by atoms with Gasteiger partial charge in [0.1, 0.15) is 17.4 Å². The van der Waals surface area contributed by atoms with Gasteiger partial charge >= 0.3 is 6.09 Å². The van der Waals surface area contributed by atoms with Crippen LogP contribution in [-0.4, -0.2) is 89.8 Å². The number of likely N-dealkylation sites (N-methyl/N-ethyl adjacent to an activating group) is 1. The second-order valence-electron chi connectivity index (χ2n) is 10.8. The molecule has 2 aromatic rings. The second kappa shape index (κ2) is 11.4. The van der Waals surface area contributed by atoms with Gasteiger partial charge in [0, 0.05) is 50.5 Å². The van der Waals surface area contributed by atoms with Crippen LogP contribution in [0.15, 0.2) is 24.3 Å². The second-order valence-corrected chi connectivity index (χ2v) is 10.8. The number of carbonyl (C=O) groups excluding carboxylic acids is 2. The number of nitrogens with two attached hydrogens (primary N) is 1. The number of anilines is 3. The van der Waals surface area contributed by atoms with Gasteiger partial charge in [0.15, 0.2) is 11.5 Å². The molecule has 11 heteroatoms. The predicted octanol–water partition coefficient (Wildman–Crippen LogP) is 3.02. The highest BCUT2D eigenvalue weighted by molar-refractivity contribution is 5.96. The first-order chi connectivity index (χ1) is 18.0. The maximum absolute atomic E-state index is 12.5. The highest BCUT2D eigenvalue weighted by Gasteiger charge is 2.32. The Bertz CT molecular complexity index is 1140. The molecule has 0 unspecified atom stereocenters. The summed E-state index contributed by atoms with van der Waals surface area (Å²) in [6, 6.07) is 7.99. The summed E-state index contributed by atoms with van der Waals surface area (Å²) in [7, 11) is 2.13. The number of likely N-dealkylation sites (tertiary alicyclic amines) is 1. The summed E-state index contributed by atoms with van der Waals surface area (Å²) in [5.74, 6) is -0.114. The standard InChI is InChI=1S/C27H39N7O4/c1-6-21-25(37-20-11-12-34(17-20)26(36)38-27(2,3)4)31-24(22(30-21)23(28)35)29-18-7-9-19(10-8-18)33-15-13-32(5)14-16-33/h7-10,20H,6,11-17H2,1-5H3,(H2,28,35)(H,29,31)/t20-/m0/s1. The molecule has 3 heterocycles. The minimum atomic E-state index is -0.674. The number of primary amides is 1. The maximum Gasteiger partial charge on any atom is 0.410 e. The average molecular weight is 526 g/mol. The molecular weight excluding hydrogens is 486 g/mol. The van der Waals surface area contributed by atoms with Crippen LogP contribution in [-0.2, 0) is 11.2 Å². The normalized spacial score (nSPS) is 18.4. The molecule has 0 radical (unpaired) electrons. The van der Waals surface area contributed by atoms with Crippen molar-refractivity contribution in [3.63, 3.8) is 0 Å². The van der Waals surface area contributed by atoms with Crippen molar-refractivity contribution in [3.8, 4) is 5.88 Å². The smallest absolute Gasteiger partial charge is 0.410 e. The van der Waals surface area contributed by atoms with Crippen LogP contribution in [0.2, 0.25) is 0 Å². The van der Waals surface area contributed by atoms with Gasteiger partial charge in [-0.25, -0.2) is 9.78 Å². The van der Waals surface area contributed by atoms with E-state index >= 15 is 0 Å². The Kier molecular flexibility index (Phi) is 8.25. The lowest BCUT2D eigenvalue weighted by atomic mass is 10.2. The number of ether oxygens (including phenoxy) is 2. The lowest BCUT2D eigenvalue weighted by molar-refractivity contribution is 0.0274. The van der Waals surface area contributed by atoms with Crippen molar-refractivity contribution in [2.75, 3.05) is 56.5 Å². The number of rotatable bonds is 7. The number of amides is 2. The number of aryl methyl sites for hydroxylation is 1. The number of piperazine rings is 1. The lowest BCUT2D eigenvalue weighted by Gasteiger charge is -2.34. The fourth-order valence-electron chi connectivity index (χ4n) is 4.47. The van der Waals surface area contributed by atoms with E-state index < -0.39 is 11.5 Å². The first kappa shape index (κ1) is 27.4. The van der Waals surface area contributed by atoms with E-state index in [9.17, 15) is 9.59 Å². The minimum absolute atomic E-state index is 0.0548. The zero-order chi connectivity index (χ0) is 27.4. The van der Waals surface area contributed by atoms with E-state index in [4.69, 9.17) is 15.2 Å². The number of hydrogen-bond donors (Lipinski definition) is 2. The molecular formula is C27H39N7O4. The monoisotopic (exact) mass is 525 g/mol. The van der Waals surface area contributed by atoms with Crippen molar-refractivity contribution in [1.29, 1.82) is 0 Å². The van der Waals surface area contributed by atoms with Crippen molar-refractivity contribution < 1.29 is 19.1 Å². The third-order valence-electron chi connectivity index (χ3n) is 6.57. The summed E-state index contributed by atoms with van der Waals surface area (Å²) < 4.78 is 11.7. The van der Waals surface area contributed by atoms with E-state index in [2.05, 4.69) is 32.1 Å². The van der Waals surface area contributed by atoms with Crippen LogP contribution in [0, 0.1) is 0 Å². The van der Waals surface area contributed by atoms with Crippen LogP contribution in [0.1, 0.15) is 50.3 Å². The number of nitrogens with one attached hydrogen (secondary N) is 1. The van der Waals surface area contributed by atoms with E-state index in [1.54, 1.807) is 4.90 Å². The Morgan fingerprint density at radius 3 is 2.37 bits per heavy atom. The molecule has 3 N–H and O–H groups in total. The SMILES string of the molecule is CCc1nc(C(N)=O)c(Nc2ccc(N3CCN(C)CC3)cc2)nc1O[C@H]1CCN(C(=O)OC(C)(C)C)C1. The Morgan fingerprint density at radius 1 is 1.08 bits per heavy atom. The summed E-state index contributed by atoms with van der Waals surface area (Å²) in [6.07, 6.45) is 0.512. The van der Waals surface area contributed by atoms with Crippen molar-refractivity contribution in [2.24, 2.45) is 5.73 Å². The predicted molar refractivity (Wildman–Crippen MR) is 146 cm³/mol. The number of carbonyl (C=O) groups is 2. The fourth-order valence-corrected chi connectivity index (χ4v) is 4.47. The Balaban J connectivity index is 1.49. The van der Waals surface area contributed by atoms with Crippen LogP contribution in [0.25, 0.3) is 0 Å². The highest BCUT2D eigenvalue weighted by atomic mass is 16.6. The molecule has 1 atom stereocenters. The lowest BCUT2D eigenvalue weighted by Crippen LogP contribution is -2.44. The fraction of sp³-hybridized carbons (Fsp3) is 0.556. The van der Waals surface area contributed by atoms with Gasteiger partial charge in [-0.1, -0.05) is 6.92 Å². The van der Waals surface area contributed by atoms with Crippen molar-refractivity contribution in [1.82, 2.24) is 19.8 Å². The Morgan fingerprint density at radius 2 is 1.76 bits per heavy atom. The zero-order valence-electron chi connectivity index (χ0n) is 23.0. The van der Waals surface area contributed by atoms with E-state index in [1.165, 1.54) is 0 Å². The molecule has 0 bridgehead atoms. The molecule has 38 heavy (non-hydrogen) atoms. The molecule has 4 rings (SSSR count). The first-order valence-electron chi connectivity index (χ1n) is 13.2. The van der Waals surface area contributed by atoms with Crippen LogP contribution in [0.4, 0.5) is 22.0 Å². The molecule has 11 nitrogen and oxygen atoms in total. The molecule has 1 aromatic carbocycles. The molecule has 2 fully saturated rings. The molecule has 206 valence electrons. The minimum Gasteiger partial charge on any atom is -0.471 e. The van der Waals surface area contributed by atoms with E-state index in [0.29, 0.717) is 37.5 Å². The van der Waals surface area contributed by atoms with Gasteiger partial charge in [0.2, 0.25) is 5.88 Å². The van der Waals surface area contributed by atoms with Crippen molar-refractivity contribution in [3.05, 3.63) is 35.7 Å². The molecule has 1 aromatic heterocycles. The quantitative estimate of drug-likeness (QED) is 0.561. The molecule has 2 saturated heterocycles. The first-order valence-corrected chi connectivity index (χ1v) is 13.2. The summed E-state index contributed by atoms with van der Waals surface area (Å²) in [4.78, 5) is 40.1. The number of aromatic nitrogens is 2. The Labute approximate surface area is 224 Å². The summed E-state index contributed by atoms with van der Waals surface area (Å²) in [6.45, 7) is 12.4. The molecule has 2 aliphatic heterocycles. The van der Waals surface area contributed by atoms with Gasteiger partial charge in [0.25, 0.3) is 5.91 Å². The van der Waals surface area contributed by atoms with Crippen LogP contribution in [0.5, 0.6) is 5.88 Å². The zero-order valence-corrected chi connectivity index (χ0v) is 23.0. The molecule has 0 aliphatic carbocycles. The van der Waals surface area contributed by atoms with Crippen molar-refractivity contribution in [2.45, 2.75) is 52.2 Å². The summed E-state index contributed by atoms with van der Waals surface area (Å²) >= 11 is 0. The third-order valence-corrected chi connectivity index (χ3v) is 6.57. The summed E-state index contributed by atoms with van der Waals surface area (Å²) in [5.41, 5.74) is 7.57. The highest BCUT2D eigenvalue weighted by Crippen LogP contribution is 2.28. The van der Waals surface area contributed by atoms with Gasteiger partial charge in [-0.15, -0.1) is 0 Å². The maximum atomic E-state index is 12.5. The van der Waals surface area contributed by atoms with E-state index in [-0.39, 0.29) is 23.7 Å². The number of hydrogen-bond acceptors (Lipinski definition) is 9. The number of nitrogens with zero attached hydrogens (tertiary/aromatic N) is 5. The van der Waals surface area contributed by atoms with Gasteiger partial charge in [0.05, 0.1) is 6.54 Å². The number of benzene rings is 1. The van der Waals surface area contributed by atoms with Crippen LogP contribution >= 0.6 is 0 Å². The third kappa shape index (κ3) is 6.83.